The maximum atomic E-state index is 6.43. The number of benzene rings is 2. The zero-order valence-electron chi connectivity index (χ0n) is 15.3. The van der Waals surface area contributed by atoms with Crippen molar-refractivity contribution in [2.45, 2.75) is 17.8 Å². The number of fused-ring (bicyclic) bond motifs is 2. The van der Waals surface area contributed by atoms with Gasteiger partial charge in [-0.3, -0.25) is 0 Å². The number of nitrogens with one attached hydrogen (secondary N) is 1. The molecule has 0 spiro atoms. The summed E-state index contributed by atoms with van der Waals surface area (Å²) in [5.74, 6) is -0.270. The number of nitrogens with zero attached hydrogens (tertiary/aromatic N) is 3. The summed E-state index contributed by atoms with van der Waals surface area (Å²) in [7, 11) is 12.9. The summed E-state index contributed by atoms with van der Waals surface area (Å²) in [4.78, 5) is 4.19. The van der Waals surface area contributed by atoms with Crippen LogP contribution in [-0.4, -0.2) is 35.6 Å². The zero-order valence-corrected chi connectivity index (χ0v) is 16.8. The first-order chi connectivity index (χ1) is 13.9. The number of hydrogen-bond donors (Lipinski definition) is 1. The summed E-state index contributed by atoms with van der Waals surface area (Å²) in [6.45, 7) is 0.569. The van der Waals surface area contributed by atoms with Gasteiger partial charge in [0.25, 0.3) is 0 Å². The van der Waals surface area contributed by atoms with E-state index >= 15 is 0 Å². The lowest BCUT2D eigenvalue weighted by Gasteiger charge is -2.43. The zero-order chi connectivity index (χ0) is 20.2. The van der Waals surface area contributed by atoms with Gasteiger partial charge in [0.1, 0.15) is 6.33 Å². The third-order valence-electron chi connectivity index (χ3n) is 5.40. The quantitative estimate of drug-likeness (QED) is 0.505. The van der Waals surface area contributed by atoms with Gasteiger partial charge in [0.2, 0.25) is 0 Å². The molecule has 5 rings (SSSR count). The van der Waals surface area contributed by atoms with Crippen LogP contribution in [0.1, 0.15) is 22.6 Å². The van der Waals surface area contributed by atoms with E-state index in [1.54, 1.807) is 16.9 Å². The Morgan fingerprint density at radius 2 is 1.83 bits per heavy atom. The second-order valence-corrected chi connectivity index (χ2v) is 8.10. The van der Waals surface area contributed by atoms with Crippen LogP contribution in [0.2, 0.25) is 10.0 Å². The second-order valence-electron chi connectivity index (χ2n) is 7.29. The summed E-state index contributed by atoms with van der Waals surface area (Å²) < 4.78 is 1.76. The molecule has 2 aromatic heterocycles. The molecule has 0 saturated heterocycles. The Hall–Kier alpha value is -2.27. The van der Waals surface area contributed by atoms with Crippen LogP contribution in [0.4, 0.5) is 0 Å². The fourth-order valence-electron chi connectivity index (χ4n) is 3.96. The Balaban J connectivity index is 1.60. The van der Waals surface area contributed by atoms with E-state index in [9.17, 15) is 0 Å². The van der Waals surface area contributed by atoms with Crippen molar-refractivity contribution in [3.8, 4) is 11.1 Å². The SMILES string of the molecule is [B]C1([B])NCc2cc(-c3ccc4ncnn4c3)ccc2C1c1ccc(Cl)c(Cl)c1. The molecule has 1 aliphatic rings. The molecule has 3 heterocycles. The van der Waals surface area contributed by atoms with E-state index in [4.69, 9.17) is 38.9 Å². The maximum absolute atomic E-state index is 6.43. The average Bonchev–Trinajstić information content (AvgIpc) is 3.17. The first-order valence-corrected chi connectivity index (χ1v) is 9.88. The van der Waals surface area contributed by atoms with Crippen LogP contribution < -0.4 is 5.32 Å². The highest BCUT2D eigenvalue weighted by Crippen LogP contribution is 2.40. The Kier molecular flexibility index (Phi) is 4.46. The van der Waals surface area contributed by atoms with E-state index in [0.717, 1.165) is 33.5 Å². The minimum absolute atomic E-state index is 0.270. The normalized spacial score (nSPS) is 17.9. The third kappa shape index (κ3) is 3.25. The molecule has 4 aromatic rings. The molecule has 0 fully saturated rings. The Morgan fingerprint density at radius 1 is 1.00 bits per heavy atom. The summed E-state index contributed by atoms with van der Waals surface area (Å²) in [5.41, 5.74) is 6.05. The summed E-state index contributed by atoms with van der Waals surface area (Å²) >= 11 is 12.3. The molecular formula is C21H14B2Cl2N4. The molecule has 1 unspecified atom stereocenters. The first kappa shape index (κ1) is 18.7. The van der Waals surface area contributed by atoms with Gasteiger partial charge in [-0.25, -0.2) is 9.50 Å². The lowest BCUT2D eigenvalue weighted by atomic mass is 9.50. The largest absolute Gasteiger partial charge is 0.323 e. The predicted octanol–water partition coefficient (Wildman–Crippen LogP) is 3.93. The van der Waals surface area contributed by atoms with Gasteiger partial charge in [-0.1, -0.05) is 41.4 Å². The van der Waals surface area contributed by atoms with Crippen molar-refractivity contribution in [2.75, 3.05) is 0 Å². The van der Waals surface area contributed by atoms with Crippen molar-refractivity contribution in [1.82, 2.24) is 19.9 Å². The van der Waals surface area contributed by atoms with Gasteiger partial charge in [-0.15, -0.1) is 0 Å². The fourth-order valence-corrected chi connectivity index (χ4v) is 4.27. The maximum Gasteiger partial charge on any atom is 0.155 e. The van der Waals surface area contributed by atoms with Gasteiger partial charge < -0.3 is 5.32 Å². The topological polar surface area (TPSA) is 42.2 Å². The van der Waals surface area contributed by atoms with E-state index in [1.807, 2.05) is 30.5 Å². The van der Waals surface area contributed by atoms with Crippen LogP contribution in [0.5, 0.6) is 0 Å². The second kappa shape index (κ2) is 6.91. The molecule has 138 valence electrons. The van der Waals surface area contributed by atoms with Crippen molar-refractivity contribution in [3.63, 3.8) is 0 Å². The van der Waals surface area contributed by atoms with Gasteiger partial charge in [-0.05, 0) is 57.9 Å². The number of halogens is 2. The number of aromatic nitrogens is 3. The molecule has 1 aliphatic heterocycles. The van der Waals surface area contributed by atoms with E-state index in [1.165, 1.54) is 0 Å². The number of rotatable bonds is 2. The molecular weight excluding hydrogens is 401 g/mol. The monoisotopic (exact) mass is 414 g/mol. The number of pyridine rings is 1. The van der Waals surface area contributed by atoms with Crippen LogP contribution in [0.3, 0.4) is 0 Å². The van der Waals surface area contributed by atoms with Crippen molar-refractivity contribution >= 4 is 44.5 Å². The highest BCUT2D eigenvalue weighted by atomic mass is 35.5. The highest BCUT2D eigenvalue weighted by molar-refractivity contribution is 6.42. The lowest BCUT2D eigenvalue weighted by Crippen LogP contribution is -2.54. The molecule has 1 N–H and O–H groups in total. The molecule has 0 aliphatic carbocycles. The van der Waals surface area contributed by atoms with Crippen molar-refractivity contribution in [1.29, 1.82) is 0 Å². The van der Waals surface area contributed by atoms with Gasteiger partial charge >= 0.3 is 0 Å². The minimum atomic E-state index is -1.11. The molecule has 0 bridgehead atoms. The molecule has 4 radical (unpaired) electrons. The first-order valence-electron chi connectivity index (χ1n) is 9.13. The van der Waals surface area contributed by atoms with E-state index < -0.39 is 5.34 Å². The van der Waals surface area contributed by atoms with Crippen LogP contribution in [-0.2, 0) is 6.54 Å². The van der Waals surface area contributed by atoms with Crippen molar-refractivity contribution in [3.05, 3.63) is 87.8 Å². The molecule has 0 amide bonds. The third-order valence-corrected chi connectivity index (χ3v) is 6.14. The minimum Gasteiger partial charge on any atom is -0.323 e. The summed E-state index contributed by atoms with van der Waals surface area (Å²) in [6, 6.07) is 15.8. The van der Waals surface area contributed by atoms with Crippen molar-refractivity contribution < 1.29 is 0 Å². The lowest BCUT2D eigenvalue weighted by molar-refractivity contribution is 0.497. The summed E-state index contributed by atoms with van der Waals surface area (Å²) in [6.07, 6.45) is 3.51. The smallest absolute Gasteiger partial charge is 0.155 e. The molecule has 8 heteroatoms. The van der Waals surface area contributed by atoms with E-state index in [0.29, 0.717) is 16.6 Å². The molecule has 29 heavy (non-hydrogen) atoms. The number of hydrogen-bond acceptors (Lipinski definition) is 3. The van der Waals surface area contributed by atoms with Gasteiger partial charge in [0.05, 0.1) is 25.7 Å². The van der Waals surface area contributed by atoms with Crippen LogP contribution >= 0.6 is 23.2 Å². The van der Waals surface area contributed by atoms with Crippen LogP contribution in [0.25, 0.3) is 16.8 Å². The standard InChI is InChI=1S/C21H14B2Cl2N4/c22-21(23)20(13-2-5-17(24)18(25)8-13)16-4-1-12(7-15(16)9-27-21)14-3-6-19-26-11-28-29(19)10-14/h1-8,10-11,20,27H,9H2. The fraction of sp³-hybridized carbons (Fsp3) is 0.143. The molecule has 4 nitrogen and oxygen atoms in total. The van der Waals surface area contributed by atoms with E-state index in [2.05, 4.69) is 33.6 Å². The molecule has 1 atom stereocenters. The van der Waals surface area contributed by atoms with Crippen LogP contribution in [0, 0.1) is 0 Å². The van der Waals surface area contributed by atoms with Crippen LogP contribution in [0.15, 0.2) is 61.1 Å². The Bertz CT molecular complexity index is 1240. The Labute approximate surface area is 181 Å². The predicted molar refractivity (Wildman–Crippen MR) is 118 cm³/mol. The molecule has 2 aromatic carbocycles. The Morgan fingerprint density at radius 3 is 2.66 bits per heavy atom. The van der Waals surface area contributed by atoms with Crippen molar-refractivity contribution in [2.24, 2.45) is 0 Å². The average molecular weight is 415 g/mol. The highest BCUT2D eigenvalue weighted by Gasteiger charge is 2.36. The van der Waals surface area contributed by atoms with Gasteiger partial charge in [-0.2, -0.15) is 5.10 Å². The van der Waals surface area contributed by atoms with Gasteiger partial charge in [0.15, 0.2) is 5.65 Å². The summed E-state index contributed by atoms with van der Waals surface area (Å²) in [5, 5.41) is 7.34. The van der Waals surface area contributed by atoms with Gasteiger partial charge in [0, 0.05) is 24.2 Å². The molecule has 0 saturated carbocycles. The van der Waals surface area contributed by atoms with E-state index in [-0.39, 0.29) is 5.92 Å².